The maximum absolute atomic E-state index is 12.2. The lowest BCUT2D eigenvalue weighted by atomic mass is 9.93. The van der Waals surface area contributed by atoms with E-state index >= 15 is 0 Å². The van der Waals surface area contributed by atoms with Crippen LogP contribution in [0.3, 0.4) is 0 Å². The van der Waals surface area contributed by atoms with Gasteiger partial charge in [-0.2, -0.15) is 0 Å². The van der Waals surface area contributed by atoms with E-state index in [1.807, 2.05) is 54.0 Å². The number of aromatic carboxylic acids is 1. The van der Waals surface area contributed by atoms with Gasteiger partial charge in [-0.05, 0) is 43.0 Å². The standard InChI is InChI=1S/C22H23ClN2O2/c1-14-9-10-15(11-19(14)23)13-25-20-8-3-2-7-17(20)18(21(25)22(26)27)12-24-16-5-4-6-16/h2-3,7-11,16,24H,4-6,12-13H2,1H3,(H,26,27). The molecule has 1 fully saturated rings. The van der Waals surface area contributed by atoms with Crippen LogP contribution in [0.4, 0.5) is 0 Å². The largest absolute Gasteiger partial charge is 0.477 e. The Morgan fingerprint density at radius 3 is 2.70 bits per heavy atom. The fourth-order valence-electron chi connectivity index (χ4n) is 3.74. The summed E-state index contributed by atoms with van der Waals surface area (Å²) in [5, 5.41) is 15.2. The molecule has 1 aliphatic carbocycles. The van der Waals surface area contributed by atoms with Crippen molar-refractivity contribution in [1.29, 1.82) is 0 Å². The highest BCUT2D eigenvalue weighted by molar-refractivity contribution is 6.31. The van der Waals surface area contributed by atoms with Crippen LogP contribution in [0.1, 0.15) is 46.4 Å². The number of aromatic nitrogens is 1. The Morgan fingerprint density at radius 2 is 2.04 bits per heavy atom. The van der Waals surface area contributed by atoms with E-state index in [2.05, 4.69) is 5.32 Å². The van der Waals surface area contributed by atoms with Crippen molar-refractivity contribution in [2.75, 3.05) is 0 Å². The van der Waals surface area contributed by atoms with Crippen LogP contribution in [0, 0.1) is 6.92 Å². The van der Waals surface area contributed by atoms with Gasteiger partial charge >= 0.3 is 5.97 Å². The SMILES string of the molecule is Cc1ccc(Cn2c(C(=O)O)c(CNC3CCC3)c3ccccc32)cc1Cl. The van der Waals surface area contributed by atoms with Crippen LogP contribution in [-0.2, 0) is 13.1 Å². The summed E-state index contributed by atoms with van der Waals surface area (Å²) in [5.41, 5.74) is 4.17. The number of para-hydroxylation sites is 1. The molecule has 0 bridgehead atoms. The van der Waals surface area contributed by atoms with Crippen LogP contribution in [-0.4, -0.2) is 21.7 Å². The average Bonchev–Trinajstić information content (AvgIpc) is 2.91. The number of benzene rings is 2. The van der Waals surface area contributed by atoms with Crippen molar-refractivity contribution in [2.24, 2.45) is 0 Å². The molecule has 2 N–H and O–H groups in total. The summed E-state index contributed by atoms with van der Waals surface area (Å²) in [6.45, 7) is 3.02. The molecule has 0 amide bonds. The van der Waals surface area contributed by atoms with E-state index in [0.29, 0.717) is 29.8 Å². The highest BCUT2D eigenvalue weighted by Gasteiger charge is 2.24. The van der Waals surface area contributed by atoms with Gasteiger partial charge in [-0.1, -0.05) is 48.4 Å². The van der Waals surface area contributed by atoms with Crippen molar-refractivity contribution in [2.45, 2.75) is 45.3 Å². The Morgan fingerprint density at radius 1 is 1.26 bits per heavy atom. The Bertz CT molecular complexity index is 1000. The summed E-state index contributed by atoms with van der Waals surface area (Å²) in [7, 11) is 0. The molecule has 5 heteroatoms. The van der Waals surface area contributed by atoms with E-state index in [-0.39, 0.29) is 0 Å². The number of aryl methyl sites for hydroxylation is 1. The van der Waals surface area contributed by atoms with Gasteiger partial charge in [-0.15, -0.1) is 0 Å². The third-order valence-corrected chi connectivity index (χ3v) is 5.94. The van der Waals surface area contributed by atoms with E-state index in [0.717, 1.165) is 27.6 Å². The molecule has 4 rings (SSSR count). The Kier molecular flexibility index (Phi) is 4.94. The van der Waals surface area contributed by atoms with Crippen molar-refractivity contribution in [3.05, 3.63) is 69.9 Å². The predicted octanol–water partition coefficient (Wildman–Crippen LogP) is 4.99. The van der Waals surface area contributed by atoms with Crippen LogP contribution < -0.4 is 5.32 Å². The first kappa shape index (κ1) is 18.1. The molecule has 0 spiro atoms. The minimum Gasteiger partial charge on any atom is -0.477 e. The van der Waals surface area contributed by atoms with Gasteiger partial charge in [0.25, 0.3) is 0 Å². The lowest BCUT2D eigenvalue weighted by molar-refractivity contribution is 0.0684. The molecule has 1 aromatic heterocycles. The number of fused-ring (bicyclic) bond motifs is 1. The molecule has 1 heterocycles. The Balaban J connectivity index is 1.78. The van der Waals surface area contributed by atoms with Crippen molar-refractivity contribution in [1.82, 2.24) is 9.88 Å². The van der Waals surface area contributed by atoms with Gasteiger partial charge in [-0.25, -0.2) is 4.79 Å². The number of carboxylic acids is 1. The van der Waals surface area contributed by atoms with E-state index in [4.69, 9.17) is 11.6 Å². The maximum Gasteiger partial charge on any atom is 0.352 e. The van der Waals surface area contributed by atoms with E-state index in [9.17, 15) is 9.90 Å². The summed E-state index contributed by atoms with van der Waals surface area (Å²) in [6, 6.07) is 14.3. The minimum absolute atomic E-state index is 0.361. The topological polar surface area (TPSA) is 54.3 Å². The number of rotatable bonds is 6. The normalized spacial score (nSPS) is 14.4. The molecule has 0 atom stereocenters. The zero-order valence-corrected chi connectivity index (χ0v) is 16.1. The number of nitrogens with one attached hydrogen (secondary N) is 1. The number of carbonyl (C=O) groups is 1. The summed E-state index contributed by atoms with van der Waals surface area (Å²) in [6.07, 6.45) is 3.59. The monoisotopic (exact) mass is 382 g/mol. The summed E-state index contributed by atoms with van der Waals surface area (Å²) < 4.78 is 1.90. The fourth-order valence-corrected chi connectivity index (χ4v) is 3.94. The van der Waals surface area contributed by atoms with Gasteiger partial charge in [0, 0.05) is 40.6 Å². The van der Waals surface area contributed by atoms with Crippen LogP contribution in [0.15, 0.2) is 42.5 Å². The van der Waals surface area contributed by atoms with Gasteiger partial charge in [0.15, 0.2) is 0 Å². The predicted molar refractivity (Wildman–Crippen MR) is 109 cm³/mol. The Labute approximate surface area is 163 Å². The van der Waals surface area contributed by atoms with Crippen molar-refractivity contribution >= 4 is 28.5 Å². The number of nitrogens with zero attached hydrogens (tertiary/aromatic N) is 1. The molecule has 1 saturated carbocycles. The van der Waals surface area contributed by atoms with Gasteiger partial charge < -0.3 is 15.0 Å². The zero-order chi connectivity index (χ0) is 19.0. The molecule has 140 valence electrons. The molecule has 3 aromatic rings. The van der Waals surface area contributed by atoms with Gasteiger partial charge in [-0.3, -0.25) is 0 Å². The van der Waals surface area contributed by atoms with Crippen molar-refractivity contribution in [3.8, 4) is 0 Å². The van der Waals surface area contributed by atoms with Crippen molar-refractivity contribution in [3.63, 3.8) is 0 Å². The lowest BCUT2D eigenvalue weighted by Crippen LogP contribution is -2.34. The summed E-state index contributed by atoms with van der Waals surface area (Å²) in [5.74, 6) is -0.894. The second kappa shape index (κ2) is 7.37. The highest BCUT2D eigenvalue weighted by atomic mass is 35.5. The molecule has 2 aromatic carbocycles. The van der Waals surface area contributed by atoms with Gasteiger partial charge in [0.2, 0.25) is 0 Å². The minimum atomic E-state index is -0.894. The first-order valence-corrected chi connectivity index (χ1v) is 9.74. The smallest absolute Gasteiger partial charge is 0.352 e. The molecule has 0 aliphatic heterocycles. The van der Waals surface area contributed by atoms with Crippen LogP contribution in [0.2, 0.25) is 5.02 Å². The first-order valence-electron chi connectivity index (χ1n) is 9.36. The van der Waals surface area contributed by atoms with Crippen LogP contribution >= 0.6 is 11.6 Å². The first-order chi connectivity index (χ1) is 13.0. The zero-order valence-electron chi connectivity index (χ0n) is 15.3. The second-order valence-corrected chi connectivity index (χ2v) is 7.74. The van der Waals surface area contributed by atoms with Crippen LogP contribution in [0.5, 0.6) is 0 Å². The van der Waals surface area contributed by atoms with Gasteiger partial charge in [0.05, 0.1) is 0 Å². The number of hydrogen-bond donors (Lipinski definition) is 2. The number of hydrogen-bond acceptors (Lipinski definition) is 2. The van der Waals surface area contributed by atoms with Crippen molar-refractivity contribution < 1.29 is 9.90 Å². The molecule has 4 nitrogen and oxygen atoms in total. The molecule has 27 heavy (non-hydrogen) atoms. The maximum atomic E-state index is 12.2. The molecule has 0 saturated heterocycles. The third kappa shape index (κ3) is 3.47. The van der Waals surface area contributed by atoms with E-state index in [1.165, 1.54) is 19.3 Å². The van der Waals surface area contributed by atoms with Crippen LogP contribution in [0.25, 0.3) is 10.9 Å². The average molecular weight is 383 g/mol. The van der Waals surface area contributed by atoms with Gasteiger partial charge in [0.1, 0.15) is 5.69 Å². The third-order valence-electron chi connectivity index (χ3n) is 5.53. The highest BCUT2D eigenvalue weighted by Crippen LogP contribution is 2.29. The fraction of sp³-hybridized carbons (Fsp3) is 0.318. The Hall–Kier alpha value is -2.30. The molecular formula is C22H23ClN2O2. The quantitative estimate of drug-likeness (QED) is 0.631. The van der Waals surface area contributed by atoms with E-state index in [1.54, 1.807) is 0 Å². The lowest BCUT2D eigenvalue weighted by Gasteiger charge is -2.26. The molecular weight excluding hydrogens is 360 g/mol. The molecule has 0 radical (unpaired) electrons. The molecule has 1 aliphatic rings. The van der Waals surface area contributed by atoms with E-state index < -0.39 is 5.97 Å². The second-order valence-electron chi connectivity index (χ2n) is 7.33. The molecule has 0 unspecified atom stereocenters. The number of halogens is 1. The summed E-state index contributed by atoms with van der Waals surface area (Å²) in [4.78, 5) is 12.2. The number of carboxylic acid groups (broad SMARTS) is 1. The summed E-state index contributed by atoms with van der Waals surface area (Å²) >= 11 is 6.28.